The molecule has 0 fully saturated rings. The molecule has 0 bridgehead atoms. The maximum atomic E-state index is 9.54. The molecule has 0 spiro atoms. The molecule has 0 unspecified atom stereocenters. The van der Waals surface area contributed by atoms with Gasteiger partial charge < -0.3 is 4.42 Å². The number of hydrogen-bond acceptors (Lipinski definition) is 1. The van der Waals surface area contributed by atoms with Gasteiger partial charge in [0.2, 0.25) is 0 Å². The van der Waals surface area contributed by atoms with Crippen molar-refractivity contribution >= 4 is 43.5 Å². The highest BCUT2D eigenvalue weighted by Crippen LogP contribution is 2.48. The molecule has 1 nitrogen and oxygen atoms in total. The van der Waals surface area contributed by atoms with Crippen LogP contribution in [0.3, 0.4) is 0 Å². The lowest BCUT2D eigenvalue weighted by molar-refractivity contribution is 0.669. The van der Waals surface area contributed by atoms with E-state index in [2.05, 4.69) is 24.3 Å². The molecule has 1 heteroatoms. The zero-order chi connectivity index (χ0) is 38.4. The molecule has 0 atom stereocenters. The summed E-state index contributed by atoms with van der Waals surface area (Å²) in [6.07, 6.45) is 0. The van der Waals surface area contributed by atoms with Gasteiger partial charge in [0.1, 0.15) is 11.2 Å². The van der Waals surface area contributed by atoms with Gasteiger partial charge in [0.05, 0.1) is 13.7 Å². The smallest absolute Gasteiger partial charge is 0.136 e. The van der Waals surface area contributed by atoms with Gasteiger partial charge in [-0.2, -0.15) is 0 Å². The molecule has 45 heavy (non-hydrogen) atoms. The van der Waals surface area contributed by atoms with Gasteiger partial charge in [-0.1, -0.05) is 151 Å². The largest absolute Gasteiger partial charge is 0.456 e. The topological polar surface area (TPSA) is 13.1 Å². The van der Waals surface area contributed by atoms with Crippen molar-refractivity contribution in [2.75, 3.05) is 0 Å². The zero-order valence-corrected chi connectivity index (χ0v) is 23.8. The molecule has 0 aliphatic carbocycles. The van der Waals surface area contributed by atoms with E-state index in [-0.39, 0.29) is 62.8 Å². The van der Waals surface area contributed by atoms with Gasteiger partial charge in [-0.3, -0.25) is 0 Å². The molecule has 9 aromatic rings. The Morgan fingerprint density at radius 2 is 0.978 bits per heavy atom. The van der Waals surface area contributed by atoms with Gasteiger partial charge >= 0.3 is 0 Å². The Bertz CT molecular complexity index is 3010. The Kier molecular flexibility index (Phi) is 4.01. The van der Waals surface area contributed by atoms with Crippen LogP contribution in [0.25, 0.3) is 88.0 Å². The lowest BCUT2D eigenvalue weighted by Gasteiger charge is -2.20. The van der Waals surface area contributed by atoms with E-state index in [0.717, 1.165) is 43.8 Å². The average Bonchev–Trinajstić information content (AvgIpc) is 3.62. The van der Waals surface area contributed by atoms with Crippen LogP contribution in [0.15, 0.2) is 174 Å². The quantitative estimate of drug-likeness (QED) is 0.188. The summed E-state index contributed by atoms with van der Waals surface area (Å²) in [5.41, 5.74) is 4.37. The highest BCUT2D eigenvalue weighted by molar-refractivity contribution is 6.26. The summed E-state index contributed by atoms with van der Waals surface area (Å²) in [4.78, 5) is 0. The lowest BCUT2D eigenvalue weighted by atomic mass is 9.83. The fourth-order valence-corrected chi connectivity index (χ4v) is 6.47. The third-order valence-corrected chi connectivity index (χ3v) is 8.36. The number of furan rings is 1. The van der Waals surface area contributed by atoms with Crippen molar-refractivity contribution < 1.29 is 18.1 Å². The van der Waals surface area contributed by atoms with E-state index in [1.54, 1.807) is 0 Å². The molecule has 8 aromatic carbocycles. The van der Waals surface area contributed by atoms with Crippen LogP contribution in [0.1, 0.15) is 13.7 Å². The number of rotatable bonds is 4. The maximum Gasteiger partial charge on any atom is 0.136 e. The first kappa shape index (κ1) is 17.4. The minimum atomic E-state index is -0.581. The Balaban J connectivity index is 1.47. The van der Waals surface area contributed by atoms with Crippen molar-refractivity contribution in [3.8, 4) is 44.5 Å². The average molecular weight is 583 g/mol. The Hall–Kier alpha value is -5.92. The third kappa shape index (κ3) is 4.09. The molecule has 0 aliphatic rings. The summed E-state index contributed by atoms with van der Waals surface area (Å²) < 4.78 is 94.2. The molecular weight excluding hydrogens is 544 g/mol. The molecule has 0 radical (unpaired) electrons. The summed E-state index contributed by atoms with van der Waals surface area (Å²) in [6.45, 7) is 0. The third-order valence-electron chi connectivity index (χ3n) is 8.36. The highest BCUT2D eigenvalue weighted by atomic mass is 16.3. The fraction of sp³-hybridized carbons (Fsp3) is 0. The monoisotopic (exact) mass is 582 g/mol. The molecule has 1 heterocycles. The number of hydrogen-bond donors (Lipinski definition) is 0. The minimum Gasteiger partial charge on any atom is -0.456 e. The lowest BCUT2D eigenvalue weighted by Crippen LogP contribution is -1.93. The first-order valence-electron chi connectivity index (χ1n) is 19.6. The Morgan fingerprint density at radius 1 is 0.378 bits per heavy atom. The van der Waals surface area contributed by atoms with Gasteiger partial charge in [0.25, 0.3) is 0 Å². The molecular formula is C44H28O. The summed E-state index contributed by atoms with van der Waals surface area (Å²) in [5, 5.41) is 3.45. The van der Waals surface area contributed by atoms with Crippen molar-refractivity contribution in [3.63, 3.8) is 0 Å². The van der Waals surface area contributed by atoms with E-state index in [9.17, 15) is 2.74 Å². The first-order valence-corrected chi connectivity index (χ1v) is 14.6. The zero-order valence-electron chi connectivity index (χ0n) is 33.8. The molecule has 0 N–H and O–H groups in total. The van der Waals surface area contributed by atoms with E-state index in [4.69, 9.17) is 15.4 Å². The second-order valence-electron chi connectivity index (χ2n) is 10.8. The molecule has 0 aliphatic heterocycles. The first-order chi connectivity index (χ1) is 26.5. The standard InChI is InChI=1S/C44H28O/c1-3-14-29(15-4-1)31-26-27-40-39(28-31)44-38(24-13-25-41(44)45-40)43-36-22-11-9-20-34(36)42(35-21-10-12-23-37(35)43)33-19-8-7-18-32(33)30-16-5-2-6-17-30/h1-28H/i1D,3D,4D,13D,14D,15D,24D,25D,27D,28D. The van der Waals surface area contributed by atoms with Gasteiger partial charge in [0.15, 0.2) is 0 Å². The van der Waals surface area contributed by atoms with Crippen LogP contribution in [0.4, 0.5) is 0 Å². The summed E-state index contributed by atoms with van der Waals surface area (Å²) in [7, 11) is 0. The molecule has 1 aromatic heterocycles. The second-order valence-corrected chi connectivity index (χ2v) is 10.8. The minimum absolute atomic E-state index is 0.0490. The van der Waals surface area contributed by atoms with E-state index in [1.807, 2.05) is 78.9 Å². The predicted octanol–water partition coefficient (Wildman–Crippen LogP) is 12.6. The Morgan fingerprint density at radius 3 is 1.67 bits per heavy atom. The van der Waals surface area contributed by atoms with Gasteiger partial charge in [-0.05, 0) is 84.2 Å². The Labute approximate surface area is 275 Å². The van der Waals surface area contributed by atoms with Gasteiger partial charge in [-0.25, -0.2) is 0 Å². The van der Waals surface area contributed by atoms with E-state index in [0.29, 0.717) is 5.56 Å². The fourth-order valence-electron chi connectivity index (χ4n) is 6.47. The van der Waals surface area contributed by atoms with E-state index < -0.39 is 36.3 Å². The van der Waals surface area contributed by atoms with Crippen molar-refractivity contribution in [2.24, 2.45) is 0 Å². The molecule has 0 saturated heterocycles. The van der Waals surface area contributed by atoms with Crippen LogP contribution in [0.2, 0.25) is 0 Å². The summed E-state index contributed by atoms with van der Waals surface area (Å²) in [6, 6.07) is 30.8. The van der Waals surface area contributed by atoms with Crippen LogP contribution >= 0.6 is 0 Å². The van der Waals surface area contributed by atoms with Gasteiger partial charge in [0, 0.05) is 10.8 Å². The normalized spacial score (nSPS) is 14.7. The predicted molar refractivity (Wildman–Crippen MR) is 190 cm³/mol. The summed E-state index contributed by atoms with van der Waals surface area (Å²) >= 11 is 0. The number of fused-ring (bicyclic) bond motifs is 5. The summed E-state index contributed by atoms with van der Waals surface area (Å²) in [5.74, 6) is 0. The second kappa shape index (κ2) is 10.4. The molecule has 0 amide bonds. The molecule has 0 saturated carbocycles. The van der Waals surface area contributed by atoms with Crippen LogP contribution in [0, 0.1) is 0 Å². The van der Waals surface area contributed by atoms with Crippen LogP contribution in [-0.2, 0) is 0 Å². The van der Waals surface area contributed by atoms with Crippen molar-refractivity contribution in [2.45, 2.75) is 0 Å². The molecule has 9 rings (SSSR count). The number of benzene rings is 8. The highest BCUT2D eigenvalue weighted by Gasteiger charge is 2.21. The van der Waals surface area contributed by atoms with Crippen LogP contribution in [-0.4, -0.2) is 0 Å². The van der Waals surface area contributed by atoms with Crippen molar-refractivity contribution in [1.82, 2.24) is 0 Å². The van der Waals surface area contributed by atoms with E-state index in [1.165, 1.54) is 6.07 Å². The van der Waals surface area contributed by atoms with Crippen LogP contribution < -0.4 is 0 Å². The van der Waals surface area contributed by atoms with E-state index >= 15 is 0 Å². The molecule has 210 valence electrons. The van der Waals surface area contributed by atoms with Gasteiger partial charge in [-0.15, -0.1) is 0 Å². The van der Waals surface area contributed by atoms with Crippen LogP contribution in [0.5, 0.6) is 0 Å². The maximum absolute atomic E-state index is 9.54. The SMILES string of the molecule is [2H]c1c([2H])c([2H])c(-c2cc([2H])c3oc4c([2H])c([2H])c([2H])c(-c5c6ccccc6c(-c6ccccc6-c6ccccc6)c6ccccc56)c4c3c2[2H])c([2H])c1[2H]. The van der Waals surface area contributed by atoms with Crippen molar-refractivity contribution in [3.05, 3.63) is 170 Å². The van der Waals surface area contributed by atoms with Crippen molar-refractivity contribution in [1.29, 1.82) is 0 Å².